The summed E-state index contributed by atoms with van der Waals surface area (Å²) >= 11 is 1.49. The lowest BCUT2D eigenvalue weighted by atomic mass is 10.1. The normalized spacial score (nSPS) is 10.9. The van der Waals surface area contributed by atoms with Crippen LogP contribution in [0.4, 0.5) is 0 Å². The predicted molar refractivity (Wildman–Crippen MR) is 101 cm³/mol. The lowest BCUT2D eigenvalue weighted by Gasteiger charge is -2.08. The summed E-state index contributed by atoms with van der Waals surface area (Å²) in [5, 5.41) is 13.8. The first-order valence-corrected chi connectivity index (χ1v) is 9.54. The van der Waals surface area contributed by atoms with Gasteiger partial charge in [-0.15, -0.1) is 21.5 Å². The summed E-state index contributed by atoms with van der Waals surface area (Å²) in [5.74, 6) is -0.345. The van der Waals surface area contributed by atoms with Gasteiger partial charge in [-0.3, -0.25) is 4.79 Å². The molecule has 0 aliphatic heterocycles. The van der Waals surface area contributed by atoms with Gasteiger partial charge in [0.2, 0.25) is 11.6 Å². The Kier molecular flexibility index (Phi) is 5.80. The van der Waals surface area contributed by atoms with Crippen LogP contribution in [0.3, 0.4) is 0 Å². The van der Waals surface area contributed by atoms with Crippen LogP contribution in [0.2, 0.25) is 0 Å². The second kappa shape index (κ2) is 8.26. The van der Waals surface area contributed by atoms with Crippen LogP contribution in [-0.2, 0) is 22.6 Å². The number of esters is 1. The quantitative estimate of drug-likeness (QED) is 0.436. The molecule has 0 fully saturated rings. The molecule has 0 aromatic carbocycles. The molecule has 9 heteroatoms. The zero-order valence-electron chi connectivity index (χ0n) is 15.5. The summed E-state index contributed by atoms with van der Waals surface area (Å²) in [5.41, 5.74) is 2.51. The molecule has 0 radical (unpaired) electrons. The van der Waals surface area contributed by atoms with E-state index in [1.54, 1.807) is 0 Å². The number of nitrogens with zero attached hydrogens (tertiary/aromatic N) is 5. The van der Waals surface area contributed by atoms with Crippen molar-refractivity contribution in [3.8, 4) is 10.7 Å². The minimum Gasteiger partial charge on any atom is -0.456 e. The maximum atomic E-state index is 12.4. The van der Waals surface area contributed by atoms with Gasteiger partial charge in [-0.25, -0.2) is 4.79 Å². The molecule has 0 bridgehead atoms. The van der Waals surface area contributed by atoms with Crippen LogP contribution in [0.15, 0.2) is 23.6 Å². The minimum atomic E-state index is -0.583. The van der Waals surface area contributed by atoms with E-state index in [1.807, 2.05) is 37.4 Å². The van der Waals surface area contributed by atoms with Crippen LogP contribution in [0.5, 0.6) is 0 Å². The summed E-state index contributed by atoms with van der Waals surface area (Å²) < 4.78 is 7.20. The molecule has 0 aliphatic rings. The predicted octanol–water partition coefficient (Wildman–Crippen LogP) is 2.66. The van der Waals surface area contributed by atoms with Gasteiger partial charge >= 0.3 is 5.97 Å². The molecule has 0 aliphatic carbocycles. The van der Waals surface area contributed by atoms with Crippen molar-refractivity contribution in [2.24, 2.45) is 0 Å². The number of rotatable bonds is 8. The van der Waals surface area contributed by atoms with Gasteiger partial charge in [-0.05, 0) is 43.0 Å². The van der Waals surface area contributed by atoms with Gasteiger partial charge in [0.25, 0.3) is 0 Å². The summed E-state index contributed by atoms with van der Waals surface area (Å²) in [4.78, 5) is 26.4. The van der Waals surface area contributed by atoms with Gasteiger partial charge in [0.1, 0.15) is 0 Å². The van der Waals surface area contributed by atoms with Crippen LogP contribution in [0.25, 0.3) is 10.7 Å². The largest absolute Gasteiger partial charge is 0.456 e. The molecule has 3 heterocycles. The molecule has 0 spiro atoms. The molecule has 0 unspecified atom stereocenters. The van der Waals surface area contributed by atoms with Crippen molar-refractivity contribution in [1.82, 2.24) is 24.8 Å². The second-order valence-corrected chi connectivity index (χ2v) is 7.09. The molecule has 0 N–H and O–H groups in total. The number of hydrogen-bond donors (Lipinski definition) is 0. The third kappa shape index (κ3) is 4.30. The molecule has 3 rings (SSSR count). The van der Waals surface area contributed by atoms with Gasteiger partial charge in [-0.2, -0.15) is 4.80 Å². The average molecular weight is 387 g/mol. The molecule has 142 valence electrons. The standard InChI is InChI=1S/C18H21N5O3S/c1-4-7-22-12(2)9-14(13(22)3)15(24)11-26-17(25)10-23-20-18(19-21-23)16-6-5-8-27-16/h5-6,8-9H,4,7,10-11H2,1-3H3. The molecule has 3 aromatic rings. The number of carbonyl (C=O) groups excluding carboxylic acids is 2. The lowest BCUT2D eigenvalue weighted by molar-refractivity contribution is -0.143. The van der Waals surface area contributed by atoms with Crippen molar-refractivity contribution in [2.75, 3.05) is 6.61 Å². The Morgan fingerprint density at radius 2 is 2.11 bits per heavy atom. The molecule has 0 saturated heterocycles. The molecular formula is C18H21N5O3S. The first-order chi connectivity index (χ1) is 13.0. The van der Waals surface area contributed by atoms with E-state index in [2.05, 4.69) is 26.9 Å². The van der Waals surface area contributed by atoms with Gasteiger partial charge in [0, 0.05) is 23.5 Å². The third-order valence-electron chi connectivity index (χ3n) is 4.15. The highest BCUT2D eigenvalue weighted by Gasteiger charge is 2.18. The van der Waals surface area contributed by atoms with E-state index < -0.39 is 5.97 Å². The number of aryl methyl sites for hydroxylation is 1. The number of carbonyl (C=O) groups is 2. The highest BCUT2D eigenvalue weighted by Crippen LogP contribution is 2.19. The van der Waals surface area contributed by atoms with Crippen molar-refractivity contribution in [1.29, 1.82) is 0 Å². The monoisotopic (exact) mass is 387 g/mol. The van der Waals surface area contributed by atoms with Crippen LogP contribution in [0, 0.1) is 13.8 Å². The third-order valence-corrected chi connectivity index (χ3v) is 5.02. The Balaban J connectivity index is 1.56. The first-order valence-electron chi connectivity index (χ1n) is 8.66. The molecular weight excluding hydrogens is 366 g/mol. The number of tetrazole rings is 1. The maximum absolute atomic E-state index is 12.4. The van der Waals surface area contributed by atoms with E-state index in [4.69, 9.17) is 4.74 Å². The van der Waals surface area contributed by atoms with Crippen LogP contribution in [-0.4, -0.2) is 43.1 Å². The van der Waals surface area contributed by atoms with Gasteiger partial charge < -0.3 is 9.30 Å². The molecule has 3 aromatic heterocycles. The Hall–Kier alpha value is -2.81. The van der Waals surface area contributed by atoms with Crippen molar-refractivity contribution in [3.05, 3.63) is 40.5 Å². The van der Waals surface area contributed by atoms with E-state index in [9.17, 15) is 9.59 Å². The number of Topliss-reactive ketones (excluding diaryl/α,β-unsaturated/α-hetero) is 1. The Bertz CT molecular complexity index is 943. The van der Waals surface area contributed by atoms with Gasteiger partial charge in [-0.1, -0.05) is 13.0 Å². The second-order valence-electron chi connectivity index (χ2n) is 6.14. The van der Waals surface area contributed by atoms with E-state index in [0.717, 1.165) is 34.0 Å². The number of aromatic nitrogens is 5. The first kappa shape index (κ1) is 19.0. The van der Waals surface area contributed by atoms with Crippen molar-refractivity contribution in [3.63, 3.8) is 0 Å². The SMILES string of the molecule is CCCn1c(C)cc(C(=O)COC(=O)Cn2nnc(-c3cccs3)n2)c1C. The number of hydrogen-bond acceptors (Lipinski definition) is 7. The number of thiophene rings is 1. The highest BCUT2D eigenvalue weighted by atomic mass is 32.1. The van der Waals surface area contributed by atoms with Gasteiger partial charge in [0.05, 0.1) is 4.88 Å². The molecule has 27 heavy (non-hydrogen) atoms. The fourth-order valence-corrected chi connectivity index (χ4v) is 3.50. The maximum Gasteiger partial charge on any atom is 0.330 e. The van der Waals surface area contributed by atoms with Crippen LogP contribution >= 0.6 is 11.3 Å². The Morgan fingerprint density at radius 1 is 1.30 bits per heavy atom. The smallest absolute Gasteiger partial charge is 0.330 e. The topological polar surface area (TPSA) is 91.9 Å². The zero-order valence-corrected chi connectivity index (χ0v) is 16.3. The van der Waals surface area contributed by atoms with Crippen LogP contribution < -0.4 is 0 Å². The summed E-state index contributed by atoms with van der Waals surface area (Å²) in [6.45, 7) is 6.32. The lowest BCUT2D eigenvalue weighted by Crippen LogP contribution is -2.20. The van der Waals surface area contributed by atoms with Crippen LogP contribution in [0.1, 0.15) is 35.1 Å². The van der Waals surface area contributed by atoms with E-state index in [-0.39, 0.29) is 18.9 Å². The number of ether oxygens (including phenoxy) is 1. The minimum absolute atomic E-state index is 0.194. The van der Waals surface area contributed by atoms with Crippen molar-refractivity contribution >= 4 is 23.1 Å². The Morgan fingerprint density at radius 3 is 2.81 bits per heavy atom. The van der Waals surface area contributed by atoms with Gasteiger partial charge in [0.15, 0.2) is 13.2 Å². The molecule has 0 atom stereocenters. The van der Waals surface area contributed by atoms with E-state index in [1.165, 1.54) is 11.3 Å². The van der Waals surface area contributed by atoms with E-state index in [0.29, 0.717) is 11.4 Å². The molecule has 0 saturated carbocycles. The van der Waals surface area contributed by atoms with Crippen molar-refractivity contribution < 1.29 is 14.3 Å². The molecule has 0 amide bonds. The van der Waals surface area contributed by atoms with E-state index >= 15 is 0 Å². The average Bonchev–Trinajstić information content (AvgIpc) is 3.37. The highest BCUT2D eigenvalue weighted by molar-refractivity contribution is 7.13. The fourth-order valence-electron chi connectivity index (χ4n) is 2.85. The molecule has 8 nitrogen and oxygen atoms in total. The summed E-state index contributed by atoms with van der Waals surface area (Å²) in [6, 6.07) is 5.60. The van der Waals surface area contributed by atoms with Crippen molar-refractivity contribution in [2.45, 2.75) is 40.3 Å². The summed E-state index contributed by atoms with van der Waals surface area (Å²) in [6.07, 6.45) is 0.983. The summed E-state index contributed by atoms with van der Waals surface area (Å²) in [7, 11) is 0. The Labute approximate surface area is 160 Å². The fraction of sp³-hybridized carbons (Fsp3) is 0.389. The number of ketones is 1. The zero-order chi connectivity index (χ0) is 19.4.